The molecule has 2 aromatic carbocycles. The van der Waals surface area contributed by atoms with E-state index in [1.54, 1.807) is 35.4 Å². The van der Waals surface area contributed by atoms with Gasteiger partial charge in [0.05, 0.1) is 32.9 Å². The van der Waals surface area contributed by atoms with Crippen LogP contribution in [0.5, 0.6) is 0 Å². The highest BCUT2D eigenvalue weighted by molar-refractivity contribution is 7.92. The molecule has 4 aromatic rings. The minimum atomic E-state index is -4.00. The third-order valence-electron chi connectivity index (χ3n) is 5.97. The van der Waals surface area contributed by atoms with Crippen molar-refractivity contribution in [1.29, 1.82) is 0 Å². The van der Waals surface area contributed by atoms with Gasteiger partial charge >= 0.3 is 5.69 Å². The van der Waals surface area contributed by atoms with Crippen LogP contribution in [0.2, 0.25) is 0 Å². The molecule has 0 unspecified atom stereocenters. The van der Waals surface area contributed by atoms with Gasteiger partial charge in [0.1, 0.15) is 0 Å². The molecule has 35 heavy (non-hydrogen) atoms. The summed E-state index contributed by atoms with van der Waals surface area (Å²) in [6, 6.07) is 16.7. The van der Waals surface area contributed by atoms with Crippen LogP contribution < -0.4 is 10.4 Å². The van der Waals surface area contributed by atoms with E-state index >= 15 is 0 Å². The first kappa shape index (κ1) is 22.8. The van der Waals surface area contributed by atoms with E-state index in [2.05, 4.69) is 24.6 Å². The number of benzene rings is 2. The molecule has 0 bridgehead atoms. The van der Waals surface area contributed by atoms with Gasteiger partial charge in [0.25, 0.3) is 15.9 Å². The van der Waals surface area contributed by atoms with Gasteiger partial charge in [0.2, 0.25) is 0 Å². The van der Waals surface area contributed by atoms with E-state index in [4.69, 9.17) is 0 Å². The molecule has 0 atom stereocenters. The molecule has 1 amide bonds. The lowest BCUT2D eigenvalue weighted by molar-refractivity contribution is 0.0628. The number of para-hydroxylation sites is 1. The zero-order valence-corrected chi connectivity index (χ0v) is 19.6. The number of nitrogens with one attached hydrogen (secondary N) is 3. The highest BCUT2D eigenvalue weighted by atomic mass is 32.2. The number of aromatic nitrogens is 3. The molecule has 0 spiro atoms. The molecule has 3 N–H and O–H groups in total. The smallest absolute Gasteiger partial charge is 0.323 e. The van der Waals surface area contributed by atoms with Gasteiger partial charge in [-0.15, -0.1) is 0 Å². The first-order valence-corrected chi connectivity index (χ1v) is 12.6. The minimum Gasteiger partial charge on any atom is -0.336 e. The molecular weight excluding hydrogens is 468 g/mol. The van der Waals surface area contributed by atoms with Crippen molar-refractivity contribution in [1.82, 2.24) is 24.8 Å². The Morgan fingerprint density at radius 1 is 0.943 bits per heavy atom. The molecular formula is C24H24N6O4S. The number of imidazole rings is 1. The number of H-pyrrole nitrogens is 2. The number of aromatic amines is 2. The SMILES string of the molecule is O=C(c1ccccc1NS(=O)(=O)c1ccc2[nH]c(=O)[nH]c2c1)N1CCN(Cc2ccccn2)CC1. The third kappa shape index (κ3) is 4.96. The van der Waals surface area contributed by atoms with Crippen LogP contribution in [-0.4, -0.2) is 65.3 Å². The molecule has 1 saturated heterocycles. The second-order valence-corrected chi connectivity index (χ2v) is 10.0. The van der Waals surface area contributed by atoms with Gasteiger partial charge < -0.3 is 14.9 Å². The molecule has 2 aromatic heterocycles. The fourth-order valence-electron chi connectivity index (χ4n) is 4.14. The van der Waals surface area contributed by atoms with Crippen LogP contribution >= 0.6 is 0 Å². The number of hydrogen-bond donors (Lipinski definition) is 3. The summed E-state index contributed by atoms with van der Waals surface area (Å²) in [7, 11) is -4.00. The summed E-state index contributed by atoms with van der Waals surface area (Å²) >= 11 is 0. The molecule has 1 aliphatic rings. The number of amides is 1. The lowest BCUT2D eigenvalue weighted by Crippen LogP contribution is -2.48. The minimum absolute atomic E-state index is 0.0226. The second-order valence-electron chi connectivity index (χ2n) is 8.33. The molecule has 10 nitrogen and oxygen atoms in total. The number of pyridine rings is 1. The van der Waals surface area contributed by atoms with Gasteiger partial charge in [-0.05, 0) is 42.5 Å². The van der Waals surface area contributed by atoms with E-state index in [-0.39, 0.29) is 22.1 Å². The maximum atomic E-state index is 13.3. The Balaban J connectivity index is 1.30. The number of piperazine rings is 1. The number of nitrogens with zero attached hydrogens (tertiary/aromatic N) is 3. The summed E-state index contributed by atoms with van der Waals surface area (Å²) in [4.78, 5) is 38.2. The Morgan fingerprint density at radius 2 is 1.69 bits per heavy atom. The largest absolute Gasteiger partial charge is 0.336 e. The summed E-state index contributed by atoms with van der Waals surface area (Å²) in [5.74, 6) is -0.230. The molecule has 0 saturated carbocycles. The van der Waals surface area contributed by atoms with Crippen LogP contribution in [0.25, 0.3) is 11.0 Å². The Bertz CT molecular complexity index is 1520. The number of fused-ring (bicyclic) bond motifs is 1. The van der Waals surface area contributed by atoms with Crippen molar-refractivity contribution < 1.29 is 13.2 Å². The molecule has 180 valence electrons. The van der Waals surface area contributed by atoms with Crippen molar-refractivity contribution >= 4 is 32.7 Å². The van der Waals surface area contributed by atoms with Gasteiger partial charge in [-0.2, -0.15) is 0 Å². The molecule has 5 rings (SSSR count). The van der Waals surface area contributed by atoms with E-state index in [1.807, 2.05) is 18.2 Å². The Labute approximate surface area is 201 Å². The zero-order chi connectivity index (χ0) is 24.4. The number of sulfonamides is 1. The summed E-state index contributed by atoms with van der Waals surface area (Å²) in [5.41, 5.74) is 1.94. The van der Waals surface area contributed by atoms with Gasteiger partial charge in [-0.3, -0.25) is 19.4 Å². The third-order valence-corrected chi connectivity index (χ3v) is 7.33. The summed E-state index contributed by atoms with van der Waals surface area (Å²) < 4.78 is 28.7. The highest BCUT2D eigenvalue weighted by Gasteiger charge is 2.25. The number of anilines is 1. The highest BCUT2D eigenvalue weighted by Crippen LogP contribution is 2.23. The zero-order valence-electron chi connectivity index (χ0n) is 18.8. The van der Waals surface area contributed by atoms with Gasteiger partial charge in [-0.1, -0.05) is 18.2 Å². The lowest BCUT2D eigenvalue weighted by atomic mass is 10.1. The van der Waals surface area contributed by atoms with Gasteiger partial charge in [0, 0.05) is 38.9 Å². The predicted octanol–water partition coefficient (Wildman–Crippen LogP) is 2.01. The predicted molar refractivity (Wildman–Crippen MR) is 132 cm³/mol. The van der Waals surface area contributed by atoms with Crippen molar-refractivity contribution in [2.24, 2.45) is 0 Å². The fraction of sp³-hybridized carbons (Fsp3) is 0.208. The molecule has 11 heteroatoms. The molecule has 1 aliphatic heterocycles. The summed E-state index contributed by atoms with van der Waals surface area (Å²) in [5, 5.41) is 0. The quantitative estimate of drug-likeness (QED) is 0.377. The van der Waals surface area contributed by atoms with Crippen LogP contribution in [0.4, 0.5) is 5.69 Å². The fourth-order valence-corrected chi connectivity index (χ4v) is 5.25. The van der Waals surface area contributed by atoms with Gasteiger partial charge in [-0.25, -0.2) is 13.2 Å². The maximum Gasteiger partial charge on any atom is 0.323 e. The summed E-state index contributed by atoms with van der Waals surface area (Å²) in [6.45, 7) is 3.18. The van der Waals surface area contributed by atoms with Crippen LogP contribution in [0.15, 0.2) is 76.6 Å². The molecule has 0 aliphatic carbocycles. The number of rotatable bonds is 6. The number of carbonyl (C=O) groups is 1. The molecule has 0 radical (unpaired) electrons. The monoisotopic (exact) mass is 492 g/mol. The van der Waals surface area contributed by atoms with Crippen molar-refractivity contribution in [3.05, 3.63) is 88.6 Å². The lowest BCUT2D eigenvalue weighted by Gasteiger charge is -2.34. The van der Waals surface area contributed by atoms with E-state index < -0.39 is 15.7 Å². The van der Waals surface area contributed by atoms with Crippen molar-refractivity contribution in [3.8, 4) is 0 Å². The average molecular weight is 493 g/mol. The van der Waals surface area contributed by atoms with E-state index in [0.29, 0.717) is 37.2 Å². The molecule has 3 heterocycles. The van der Waals surface area contributed by atoms with E-state index in [1.165, 1.54) is 18.2 Å². The standard InChI is InChI=1S/C24H24N6O4S/c31-23(30-13-11-29(12-14-30)16-17-5-3-4-10-25-17)19-6-1-2-7-20(19)28-35(33,34)18-8-9-21-22(15-18)27-24(32)26-21/h1-10,15,28H,11-14,16H2,(H2,26,27,32). The van der Waals surface area contributed by atoms with E-state index in [0.717, 1.165) is 12.2 Å². The van der Waals surface area contributed by atoms with Crippen molar-refractivity contribution in [2.75, 3.05) is 30.9 Å². The number of hydrogen-bond acceptors (Lipinski definition) is 6. The number of carbonyl (C=O) groups excluding carboxylic acids is 1. The van der Waals surface area contributed by atoms with Gasteiger partial charge in [0.15, 0.2) is 0 Å². The Kier molecular flexibility index (Phi) is 6.10. The van der Waals surface area contributed by atoms with Crippen molar-refractivity contribution in [2.45, 2.75) is 11.4 Å². The Hall–Kier alpha value is -3.96. The first-order valence-electron chi connectivity index (χ1n) is 11.1. The van der Waals surface area contributed by atoms with Crippen LogP contribution in [0, 0.1) is 0 Å². The normalized spacial score (nSPS) is 14.8. The molecule has 1 fully saturated rings. The van der Waals surface area contributed by atoms with Crippen LogP contribution in [-0.2, 0) is 16.6 Å². The topological polar surface area (TPSA) is 131 Å². The summed E-state index contributed by atoms with van der Waals surface area (Å²) in [6.07, 6.45) is 1.77. The second kappa shape index (κ2) is 9.35. The Morgan fingerprint density at radius 3 is 2.46 bits per heavy atom. The van der Waals surface area contributed by atoms with E-state index in [9.17, 15) is 18.0 Å². The maximum absolute atomic E-state index is 13.3. The first-order chi connectivity index (χ1) is 16.9. The van der Waals surface area contributed by atoms with Crippen molar-refractivity contribution in [3.63, 3.8) is 0 Å². The van der Waals surface area contributed by atoms with Crippen LogP contribution in [0.3, 0.4) is 0 Å². The van der Waals surface area contributed by atoms with Crippen LogP contribution in [0.1, 0.15) is 16.1 Å². The average Bonchev–Trinajstić information content (AvgIpc) is 3.24.